The van der Waals surface area contributed by atoms with Gasteiger partial charge in [-0.1, -0.05) is 32.6 Å². The van der Waals surface area contributed by atoms with Gasteiger partial charge in [-0.2, -0.15) is 0 Å². The number of unbranched alkanes of at least 4 members (excludes halogenated alkanes) is 2. The van der Waals surface area contributed by atoms with E-state index in [1.165, 1.54) is 51.5 Å². The average molecular weight is 226 g/mol. The van der Waals surface area contributed by atoms with Gasteiger partial charge in [0.1, 0.15) is 0 Å². The highest BCUT2D eigenvalue weighted by atomic mass is 15.1. The Morgan fingerprint density at radius 2 is 2.06 bits per heavy atom. The van der Waals surface area contributed by atoms with Gasteiger partial charge < -0.3 is 10.2 Å². The molecule has 1 saturated carbocycles. The van der Waals surface area contributed by atoms with Crippen LogP contribution in [0.5, 0.6) is 0 Å². The van der Waals surface area contributed by atoms with Crippen molar-refractivity contribution in [1.29, 1.82) is 0 Å². The molecule has 0 aliphatic heterocycles. The molecule has 1 aliphatic carbocycles. The van der Waals surface area contributed by atoms with Gasteiger partial charge in [-0.3, -0.25) is 0 Å². The molecule has 0 radical (unpaired) electrons. The summed E-state index contributed by atoms with van der Waals surface area (Å²) >= 11 is 0. The van der Waals surface area contributed by atoms with Crippen LogP contribution >= 0.6 is 0 Å². The zero-order valence-corrected chi connectivity index (χ0v) is 11.5. The van der Waals surface area contributed by atoms with Crippen LogP contribution in [-0.2, 0) is 0 Å². The fraction of sp³-hybridized carbons (Fsp3) is 1.00. The van der Waals surface area contributed by atoms with Gasteiger partial charge in [0.25, 0.3) is 0 Å². The lowest BCUT2D eigenvalue weighted by Gasteiger charge is -2.35. The maximum absolute atomic E-state index is 3.63. The Hall–Kier alpha value is -0.0800. The highest BCUT2D eigenvalue weighted by Gasteiger charge is 2.21. The first-order chi connectivity index (χ1) is 7.74. The maximum Gasteiger partial charge on any atom is 0.0107 e. The Kier molecular flexibility index (Phi) is 7.06. The summed E-state index contributed by atoms with van der Waals surface area (Å²) in [5.74, 6) is 0. The zero-order valence-electron chi connectivity index (χ0n) is 11.5. The minimum Gasteiger partial charge on any atom is -0.313 e. The van der Waals surface area contributed by atoms with Gasteiger partial charge in [0, 0.05) is 25.2 Å². The summed E-state index contributed by atoms with van der Waals surface area (Å²) in [5.41, 5.74) is 0. The molecule has 0 aromatic carbocycles. The number of hydrogen-bond donors (Lipinski definition) is 1. The Balaban J connectivity index is 1.92. The van der Waals surface area contributed by atoms with Crippen molar-refractivity contribution in [1.82, 2.24) is 10.2 Å². The lowest BCUT2D eigenvalue weighted by Crippen LogP contribution is -2.42. The topological polar surface area (TPSA) is 15.3 Å². The summed E-state index contributed by atoms with van der Waals surface area (Å²) in [6.07, 6.45) is 9.70. The van der Waals surface area contributed by atoms with Crippen LogP contribution in [0.25, 0.3) is 0 Å². The summed E-state index contributed by atoms with van der Waals surface area (Å²) in [5, 5.41) is 3.63. The molecular formula is C14H30N2. The first-order valence-corrected chi connectivity index (χ1v) is 7.17. The molecule has 1 unspecified atom stereocenters. The molecule has 16 heavy (non-hydrogen) atoms. The SMILES string of the molecule is CCCCCC(C)NCCN(C)C1CCC1. The third kappa shape index (κ3) is 5.31. The number of rotatable bonds is 9. The summed E-state index contributed by atoms with van der Waals surface area (Å²) in [6.45, 7) is 6.95. The van der Waals surface area contributed by atoms with Gasteiger partial charge in [-0.15, -0.1) is 0 Å². The van der Waals surface area contributed by atoms with Crippen molar-refractivity contribution in [2.45, 2.75) is 70.9 Å². The van der Waals surface area contributed by atoms with Crippen LogP contribution in [0.15, 0.2) is 0 Å². The summed E-state index contributed by atoms with van der Waals surface area (Å²) in [6, 6.07) is 1.58. The van der Waals surface area contributed by atoms with Gasteiger partial charge in [0.15, 0.2) is 0 Å². The van der Waals surface area contributed by atoms with Gasteiger partial charge >= 0.3 is 0 Å². The zero-order chi connectivity index (χ0) is 11.8. The Morgan fingerprint density at radius 1 is 1.31 bits per heavy atom. The van der Waals surface area contributed by atoms with E-state index in [0.717, 1.165) is 12.6 Å². The molecule has 0 aromatic heterocycles. The van der Waals surface area contributed by atoms with Crippen LogP contribution in [0.3, 0.4) is 0 Å². The molecular weight excluding hydrogens is 196 g/mol. The van der Waals surface area contributed by atoms with Crippen molar-refractivity contribution in [3.63, 3.8) is 0 Å². The molecule has 1 atom stereocenters. The second kappa shape index (κ2) is 8.08. The van der Waals surface area contributed by atoms with Crippen molar-refractivity contribution in [3.05, 3.63) is 0 Å². The van der Waals surface area contributed by atoms with Crippen LogP contribution in [0.2, 0.25) is 0 Å². The largest absolute Gasteiger partial charge is 0.313 e. The second-order valence-corrected chi connectivity index (χ2v) is 5.42. The molecule has 0 aromatic rings. The Morgan fingerprint density at radius 3 is 2.62 bits per heavy atom. The van der Waals surface area contributed by atoms with E-state index in [1.807, 2.05) is 0 Å². The number of likely N-dealkylation sites (N-methyl/N-ethyl adjacent to an activating group) is 1. The molecule has 0 amide bonds. The molecule has 0 spiro atoms. The lowest BCUT2D eigenvalue weighted by molar-refractivity contribution is 0.159. The Labute approximate surface area is 102 Å². The van der Waals surface area contributed by atoms with Crippen LogP contribution in [0.4, 0.5) is 0 Å². The van der Waals surface area contributed by atoms with Crippen LogP contribution < -0.4 is 5.32 Å². The van der Waals surface area contributed by atoms with Crippen molar-refractivity contribution in [3.8, 4) is 0 Å². The summed E-state index contributed by atoms with van der Waals surface area (Å²) < 4.78 is 0. The molecule has 0 saturated heterocycles. The third-order valence-electron chi connectivity index (χ3n) is 3.90. The third-order valence-corrected chi connectivity index (χ3v) is 3.90. The number of nitrogens with zero attached hydrogens (tertiary/aromatic N) is 1. The van der Waals surface area contributed by atoms with Crippen LogP contribution in [0.1, 0.15) is 58.8 Å². The van der Waals surface area contributed by atoms with Crippen LogP contribution in [-0.4, -0.2) is 37.1 Å². The van der Waals surface area contributed by atoms with E-state index in [9.17, 15) is 0 Å². The second-order valence-electron chi connectivity index (χ2n) is 5.42. The smallest absolute Gasteiger partial charge is 0.0107 e. The molecule has 96 valence electrons. The Bertz CT molecular complexity index is 166. The van der Waals surface area contributed by atoms with Gasteiger partial charge in [-0.25, -0.2) is 0 Å². The van der Waals surface area contributed by atoms with E-state index in [2.05, 4.69) is 31.1 Å². The van der Waals surface area contributed by atoms with E-state index < -0.39 is 0 Å². The minimum absolute atomic E-state index is 0.696. The van der Waals surface area contributed by atoms with Crippen molar-refractivity contribution >= 4 is 0 Å². The average Bonchev–Trinajstić information content (AvgIpc) is 2.15. The molecule has 0 bridgehead atoms. The van der Waals surface area contributed by atoms with E-state index in [1.54, 1.807) is 0 Å². The number of nitrogens with one attached hydrogen (secondary N) is 1. The van der Waals surface area contributed by atoms with E-state index >= 15 is 0 Å². The van der Waals surface area contributed by atoms with Gasteiger partial charge in [-0.05, 0) is 33.2 Å². The molecule has 1 N–H and O–H groups in total. The van der Waals surface area contributed by atoms with Crippen molar-refractivity contribution < 1.29 is 0 Å². The van der Waals surface area contributed by atoms with Crippen LogP contribution in [0, 0.1) is 0 Å². The first-order valence-electron chi connectivity index (χ1n) is 7.17. The fourth-order valence-electron chi connectivity index (χ4n) is 2.30. The van der Waals surface area contributed by atoms with E-state index in [-0.39, 0.29) is 0 Å². The normalized spacial score (nSPS) is 18.8. The molecule has 1 rings (SSSR count). The van der Waals surface area contributed by atoms with E-state index in [4.69, 9.17) is 0 Å². The summed E-state index contributed by atoms with van der Waals surface area (Å²) in [7, 11) is 2.27. The minimum atomic E-state index is 0.696. The maximum atomic E-state index is 3.63. The highest BCUT2D eigenvalue weighted by Crippen LogP contribution is 2.22. The molecule has 2 heteroatoms. The quantitative estimate of drug-likeness (QED) is 0.608. The summed E-state index contributed by atoms with van der Waals surface area (Å²) in [4.78, 5) is 2.52. The van der Waals surface area contributed by atoms with Gasteiger partial charge in [0.2, 0.25) is 0 Å². The predicted octanol–water partition coefficient (Wildman–Crippen LogP) is 3.03. The molecule has 2 nitrogen and oxygen atoms in total. The first kappa shape index (κ1) is 14.0. The molecule has 0 heterocycles. The lowest BCUT2D eigenvalue weighted by atomic mass is 9.92. The van der Waals surface area contributed by atoms with Crippen molar-refractivity contribution in [2.75, 3.05) is 20.1 Å². The molecule has 1 fully saturated rings. The predicted molar refractivity (Wildman–Crippen MR) is 71.9 cm³/mol. The highest BCUT2D eigenvalue weighted by molar-refractivity contribution is 4.78. The molecule has 1 aliphatic rings. The number of hydrogen-bond acceptors (Lipinski definition) is 2. The van der Waals surface area contributed by atoms with Crippen molar-refractivity contribution in [2.24, 2.45) is 0 Å². The monoisotopic (exact) mass is 226 g/mol. The van der Waals surface area contributed by atoms with E-state index in [0.29, 0.717) is 6.04 Å². The van der Waals surface area contributed by atoms with Gasteiger partial charge in [0.05, 0.1) is 0 Å². The fourth-order valence-corrected chi connectivity index (χ4v) is 2.30. The standard InChI is InChI=1S/C14H30N2/c1-4-5-6-8-13(2)15-11-12-16(3)14-9-7-10-14/h13-15H,4-12H2,1-3H3.